The van der Waals surface area contributed by atoms with E-state index in [0.29, 0.717) is 11.8 Å². The normalized spacial score (nSPS) is 14.3. The zero-order valence-electron chi connectivity index (χ0n) is 20.6. The molecular weight excluding hydrogens is 462 g/mol. The lowest BCUT2D eigenvalue weighted by Crippen LogP contribution is -2.44. The van der Waals surface area contributed by atoms with Gasteiger partial charge in [0.1, 0.15) is 10.9 Å². The van der Waals surface area contributed by atoms with E-state index in [-0.39, 0.29) is 30.3 Å². The first kappa shape index (κ1) is 24.9. The van der Waals surface area contributed by atoms with Crippen LogP contribution in [-0.4, -0.2) is 40.5 Å². The number of hydrogen-bond donors (Lipinski definition) is 2. The Hall–Kier alpha value is -3.20. The van der Waals surface area contributed by atoms with Crippen LogP contribution >= 0.6 is 11.3 Å². The van der Waals surface area contributed by atoms with Crippen LogP contribution in [-0.2, 0) is 16.1 Å². The average Bonchev–Trinajstić information content (AvgIpc) is 3.47. The van der Waals surface area contributed by atoms with E-state index in [4.69, 9.17) is 0 Å². The molecule has 35 heavy (non-hydrogen) atoms. The molecule has 1 saturated heterocycles. The molecule has 8 nitrogen and oxygen atoms in total. The number of amides is 2. The first-order valence-corrected chi connectivity index (χ1v) is 13.1. The van der Waals surface area contributed by atoms with Crippen LogP contribution in [0.1, 0.15) is 49.5 Å². The van der Waals surface area contributed by atoms with Gasteiger partial charge in [0.15, 0.2) is 0 Å². The van der Waals surface area contributed by atoms with E-state index in [1.165, 1.54) is 35.1 Å². The molecule has 1 fully saturated rings. The van der Waals surface area contributed by atoms with Crippen molar-refractivity contribution in [2.45, 2.75) is 65.5 Å². The van der Waals surface area contributed by atoms with Crippen LogP contribution < -0.4 is 21.1 Å². The summed E-state index contributed by atoms with van der Waals surface area (Å²) in [7, 11) is 0. The molecule has 1 aliphatic heterocycles. The van der Waals surface area contributed by atoms with Crippen molar-refractivity contribution in [1.82, 2.24) is 14.9 Å². The second-order valence-electron chi connectivity index (χ2n) is 9.10. The van der Waals surface area contributed by atoms with Gasteiger partial charge in [-0.15, -0.1) is 11.3 Å². The first-order valence-electron chi connectivity index (χ1n) is 12.3. The predicted molar refractivity (Wildman–Crippen MR) is 141 cm³/mol. The van der Waals surface area contributed by atoms with Crippen molar-refractivity contribution in [1.29, 1.82) is 0 Å². The van der Waals surface area contributed by atoms with Crippen LogP contribution in [0.3, 0.4) is 0 Å². The Morgan fingerprint density at radius 2 is 1.97 bits per heavy atom. The molecule has 0 aliphatic carbocycles. The van der Waals surface area contributed by atoms with Gasteiger partial charge in [-0.1, -0.05) is 19.4 Å². The van der Waals surface area contributed by atoms with Gasteiger partial charge < -0.3 is 15.5 Å². The minimum atomic E-state index is -0.637. The number of aryl methyl sites for hydroxylation is 3. The maximum atomic E-state index is 13.0. The Labute approximate surface area is 209 Å². The highest BCUT2D eigenvalue weighted by molar-refractivity contribution is 7.18. The molecular formula is C26H33N5O3S. The van der Waals surface area contributed by atoms with Crippen LogP contribution in [0.4, 0.5) is 11.4 Å². The lowest BCUT2D eigenvalue weighted by atomic mass is 10.1. The lowest BCUT2D eigenvalue weighted by Gasteiger charge is -2.20. The Balaban J connectivity index is 1.38. The highest BCUT2D eigenvalue weighted by atomic mass is 32.1. The zero-order valence-corrected chi connectivity index (χ0v) is 21.4. The highest BCUT2D eigenvalue weighted by Gasteiger charge is 2.21. The Kier molecular flexibility index (Phi) is 7.85. The van der Waals surface area contributed by atoms with Gasteiger partial charge in [-0.25, -0.2) is 4.98 Å². The quantitative estimate of drug-likeness (QED) is 0.468. The molecule has 0 bridgehead atoms. The van der Waals surface area contributed by atoms with E-state index >= 15 is 0 Å². The summed E-state index contributed by atoms with van der Waals surface area (Å²) in [6.07, 6.45) is 5.24. The van der Waals surface area contributed by atoms with Crippen molar-refractivity contribution in [3.63, 3.8) is 0 Å². The first-order chi connectivity index (χ1) is 16.9. The van der Waals surface area contributed by atoms with E-state index in [1.54, 1.807) is 0 Å². The third-order valence-corrected chi connectivity index (χ3v) is 7.66. The van der Waals surface area contributed by atoms with E-state index in [9.17, 15) is 14.4 Å². The van der Waals surface area contributed by atoms with Crippen molar-refractivity contribution in [2.75, 3.05) is 23.3 Å². The van der Waals surface area contributed by atoms with E-state index < -0.39 is 6.04 Å². The number of nitrogens with zero attached hydrogens (tertiary/aromatic N) is 3. The van der Waals surface area contributed by atoms with Crippen LogP contribution in [0.5, 0.6) is 0 Å². The van der Waals surface area contributed by atoms with Crippen LogP contribution in [0.25, 0.3) is 10.2 Å². The number of nitrogens with one attached hydrogen (secondary N) is 2. The van der Waals surface area contributed by atoms with Crippen molar-refractivity contribution < 1.29 is 9.59 Å². The molecule has 4 rings (SSSR count). The number of carbonyl (C=O) groups is 2. The van der Waals surface area contributed by atoms with Gasteiger partial charge in [0.05, 0.1) is 11.7 Å². The minimum Gasteiger partial charge on any atom is -0.371 e. The summed E-state index contributed by atoms with van der Waals surface area (Å²) in [5.74, 6) is -0.502. The summed E-state index contributed by atoms with van der Waals surface area (Å²) in [4.78, 5) is 47.0. The third kappa shape index (κ3) is 5.73. The zero-order chi connectivity index (χ0) is 24.9. The SMILES string of the molecule is CCCC(NC(=O)CCn1cnc2sc(C)c(C)c2c1=O)C(=O)Nc1cccc(N2CCCC2)c1. The molecule has 1 aliphatic rings. The molecule has 2 amide bonds. The fourth-order valence-electron chi connectivity index (χ4n) is 4.46. The predicted octanol–water partition coefficient (Wildman–Crippen LogP) is 3.99. The lowest BCUT2D eigenvalue weighted by molar-refractivity contribution is -0.126. The topological polar surface area (TPSA) is 96.3 Å². The molecule has 0 spiro atoms. The summed E-state index contributed by atoms with van der Waals surface area (Å²) in [6, 6.07) is 7.21. The Morgan fingerprint density at radius 1 is 1.20 bits per heavy atom. The summed E-state index contributed by atoms with van der Waals surface area (Å²) in [5.41, 5.74) is 2.63. The van der Waals surface area contributed by atoms with Gasteiger partial charge in [0.2, 0.25) is 11.8 Å². The molecule has 3 heterocycles. The van der Waals surface area contributed by atoms with Crippen molar-refractivity contribution in [2.24, 2.45) is 0 Å². The molecule has 2 N–H and O–H groups in total. The summed E-state index contributed by atoms with van der Waals surface area (Å²) in [6.45, 7) is 8.14. The maximum Gasteiger partial charge on any atom is 0.262 e. The second kappa shape index (κ2) is 11.0. The second-order valence-corrected chi connectivity index (χ2v) is 10.3. The Morgan fingerprint density at radius 3 is 2.71 bits per heavy atom. The third-order valence-electron chi connectivity index (χ3n) is 6.55. The standard InChI is InChI=1S/C26H33N5O3S/c1-4-8-21(24(33)28-19-9-7-10-20(15-19)30-12-5-6-13-30)29-22(32)11-14-31-16-27-25-23(26(31)34)17(2)18(3)35-25/h7,9-10,15-16,21H,4-6,8,11-14H2,1-3H3,(H,28,33)(H,29,32). The van der Waals surface area contributed by atoms with Crippen molar-refractivity contribution in [3.8, 4) is 0 Å². The minimum absolute atomic E-state index is 0.0905. The number of benzene rings is 1. The van der Waals surface area contributed by atoms with Crippen LogP contribution in [0.15, 0.2) is 35.4 Å². The molecule has 1 atom stereocenters. The number of thiophene rings is 1. The number of carbonyl (C=O) groups excluding carboxylic acids is 2. The Bertz CT molecular complexity index is 1280. The number of rotatable bonds is 9. The molecule has 3 aromatic rings. The van der Waals surface area contributed by atoms with Crippen molar-refractivity contribution >= 4 is 44.7 Å². The molecule has 0 saturated carbocycles. The van der Waals surface area contributed by atoms with Crippen molar-refractivity contribution in [3.05, 3.63) is 51.4 Å². The largest absolute Gasteiger partial charge is 0.371 e. The maximum absolute atomic E-state index is 13.0. The fourth-order valence-corrected chi connectivity index (χ4v) is 5.45. The monoisotopic (exact) mass is 495 g/mol. The van der Waals surface area contributed by atoms with Gasteiger partial charge in [-0.2, -0.15) is 0 Å². The number of fused-ring (bicyclic) bond motifs is 1. The van der Waals surface area contributed by atoms with Gasteiger partial charge in [-0.3, -0.25) is 19.0 Å². The fraction of sp³-hybridized carbons (Fsp3) is 0.462. The number of hydrogen-bond acceptors (Lipinski definition) is 6. The summed E-state index contributed by atoms with van der Waals surface area (Å²) < 4.78 is 1.47. The van der Waals surface area contributed by atoms with Gasteiger partial charge in [-0.05, 0) is 56.9 Å². The summed E-state index contributed by atoms with van der Waals surface area (Å²) in [5, 5.41) is 6.44. The van der Waals surface area contributed by atoms with Gasteiger partial charge in [0.25, 0.3) is 5.56 Å². The number of aromatic nitrogens is 2. The van der Waals surface area contributed by atoms with Crippen LogP contribution in [0, 0.1) is 13.8 Å². The summed E-state index contributed by atoms with van der Waals surface area (Å²) >= 11 is 1.50. The molecule has 1 unspecified atom stereocenters. The van der Waals surface area contributed by atoms with Crippen LogP contribution in [0.2, 0.25) is 0 Å². The van der Waals surface area contributed by atoms with E-state index in [0.717, 1.165) is 46.2 Å². The highest BCUT2D eigenvalue weighted by Crippen LogP contribution is 2.25. The van der Waals surface area contributed by atoms with Gasteiger partial charge >= 0.3 is 0 Å². The van der Waals surface area contributed by atoms with E-state index in [2.05, 4.69) is 26.6 Å². The smallest absolute Gasteiger partial charge is 0.262 e. The molecule has 2 aromatic heterocycles. The molecule has 0 radical (unpaired) electrons. The average molecular weight is 496 g/mol. The molecule has 186 valence electrons. The van der Waals surface area contributed by atoms with E-state index in [1.807, 2.05) is 39.0 Å². The molecule has 1 aromatic carbocycles. The molecule has 9 heteroatoms. The van der Waals surface area contributed by atoms with Gasteiger partial charge in [0, 0.05) is 42.3 Å². The number of anilines is 2.